The van der Waals surface area contributed by atoms with Gasteiger partial charge in [-0.25, -0.2) is 0 Å². The summed E-state index contributed by atoms with van der Waals surface area (Å²) in [5.41, 5.74) is 0. The first-order valence-corrected chi connectivity index (χ1v) is 3.79. The van der Waals surface area contributed by atoms with Crippen LogP contribution in [-0.2, 0) is 9.59 Å². The predicted molar refractivity (Wildman–Crippen MR) is 38.6 cm³/mol. The van der Waals surface area contributed by atoms with Gasteiger partial charge in [-0.1, -0.05) is 0 Å². The van der Waals surface area contributed by atoms with Gasteiger partial charge in [-0.15, -0.1) is 0 Å². The van der Waals surface area contributed by atoms with Crippen LogP contribution < -0.4 is 0 Å². The molecular formula is C8H9NO2. The highest BCUT2D eigenvalue weighted by Gasteiger charge is 2.32. The third-order valence-electron chi connectivity index (χ3n) is 2.23. The van der Waals surface area contributed by atoms with Crippen LogP contribution in [0.5, 0.6) is 0 Å². The molecule has 3 heteroatoms. The van der Waals surface area contributed by atoms with E-state index in [9.17, 15) is 9.59 Å². The zero-order valence-electron chi connectivity index (χ0n) is 6.12. The lowest BCUT2D eigenvalue weighted by molar-refractivity contribution is -0.127. The molecule has 0 N–H and O–H groups in total. The van der Waals surface area contributed by atoms with Crippen molar-refractivity contribution in [2.75, 3.05) is 0 Å². The topological polar surface area (TPSA) is 37.4 Å². The SMILES string of the molecule is O=C1C=CN2C(=O)CCC2C1. The average Bonchev–Trinajstić information content (AvgIpc) is 2.32. The van der Waals surface area contributed by atoms with Crippen LogP contribution in [0.4, 0.5) is 0 Å². The summed E-state index contributed by atoms with van der Waals surface area (Å²) in [7, 11) is 0. The lowest BCUT2D eigenvalue weighted by atomic mass is 10.1. The molecule has 11 heavy (non-hydrogen) atoms. The number of hydrogen-bond acceptors (Lipinski definition) is 2. The molecule has 0 bridgehead atoms. The minimum absolute atomic E-state index is 0.140. The summed E-state index contributed by atoms with van der Waals surface area (Å²) >= 11 is 0. The van der Waals surface area contributed by atoms with Crippen LogP contribution in [0.2, 0.25) is 0 Å². The van der Waals surface area contributed by atoms with E-state index in [1.54, 1.807) is 11.1 Å². The summed E-state index contributed by atoms with van der Waals surface area (Å²) in [6, 6.07) is 0.167. The molecule has 2 rings (SSSR count). The van der Waals surface area contributed by atoms with Crippen LogP contribution in [0.15, 0.2) is 12.3 Å². The first-order chi connectivity index (χ1) is 5.27. The van der Waals surface area contributed by atoms with Gasteiger partial charge in [0.05, 0.1) is 0 Å². The largest absolute Gasteiger partial charge is 0.315 e. The van der Waals surface area contributed by atoms with Gasteiger partial charge in [0.25, 0.3) is 0 Å². The van der Waals surface area contributed by atoms with Crippen molar-refractivity contribution in [3.63, 3.8) is 0 Å². The zero-order chi connectivity index (χ0) is 7.84. The van der Waals surface area contributed by atoms with Crippen molar-refractivity contribution in [2.45, 2.75) is 25.3 Å². The fourth-order valence-electron chi connectivity index (χ4n) is 1.63. The van der Waals surface area contributed by atoms with Gasteiger partial charge in [-0.05, 0) is 12.5 Å². The maximum Gasteiger partial charge on any atom is 0.226 e. The summed E-state index contributed by atoms with van der Waals surface area (Å²) in [4.78, 5) is 23.6. The van der Waals surface area contributed by atoms with Crippen LogP contribution >= 0.6 is 0 Å². The molecule has 1 amide bonds. The Kier molecular flexibility index (Phi) is 1.31. The molecule has 1 atom stereocenters. The first-order valence-electron chi connectivity index (χ1n) is 3.79. The molecule has 1 fully saturated rings. The quantitative estimate of drug-likeness (QED) is 0.504. The Balaban J connectivity index is 2.25. The number of carbonyl (C=O) groups is 2. The Labute approximate surface area is 64.7 Å². The summed E-state index contributed by atoms with van der Waals surface area (Å²) in [6.45, 7) is 0. The second-order valence-corrected chi connectivity index (χ2v) is 2.98. The summed E-state index contributed by atoms with van der Waals surface area (Å²) in [5, 5.41) is 0. The number of hydrogen-bond donors (Lipinski definition) is 0. The molecule has 0 radical (unpaired) electrons. The molecule has 1 unspecified atom stereocenters. The van der Waals surface area contributed by atoms with Crippen LogP contribution in [0.3, 0.4) is 0 Å². The third-order valence-corrected chi connectivity index (χ3v) is 2.23. The van der Waals surface area contributed by atoms with Crippen LogP contribution in [0, 0.1) is 0 Å². The molecule has 3 nitrogen and oxygen atoms in total. The second-order valence-electron chi connectivity index (χ2n) is 2.98. The number of nitrogens with zero attached hydrogens (tertiary/aromatic N) is 1. The highest BCUT2D eigenvalue weighted by atomic mass is 16.2. The van der Waals surface area contributed by atoms with E-state index in [2.05, 4.69) is 0 Å². The monoisotopic (exact) mass is 151 g/mol. The summed E-state index contributed by atoms with van der Waals surface area (Å²) in [6.07, 6.45) is 5.06. The van der Waals surface area contributed by atoms with Crippen LogP contribution in [0.25, 0.3) is 0 Å². The highest BCUT2D eigenvalue weighted by Crippen LogP contribution is 2.24. The van der Waals surface area contributed by atoms with Gasteiger partial charge in [0.1, 0.15) is 0 Å². The van der Waals surface area contributed by atoms with Crippen molar-refractivity contribution in [3.05, 3.63) is 12.3 Å². The van der Waals surface area contributed by atoms with Crippen molar-refractivity contribution in [3.8, 4) is 0 Å². The lowest BCUT2D eigenvalue weighted by Gasteiger charge is -2.22. The zero-order valence-corrected chi connectivity index (χ0v) is 6.12. The standard InChI is InChI=1S/C8H9NO2/c10-7-3-4-9-6(5-7)1-2-8(9)11/h3-4,6H,1-2,5H2. The smallest absolute Gasteiger partial charge is 0.226 e. The van der Waals surface area contributed by atoms with Crippen molar-refractivity contribution in [2.24, 2.45) is 0 Å². The molecule has 2 aliphatic rings. The molecule has 0 spiro atoms. The number of allylic oxidation sites excluding steroid dienone is 1. The van der Waals surface area contributed by atoms with Crippen molar-refractivity contribution >= 4 is 11.7 Å². The number of fused-ring (bicyclic) bond motifs is 1. The second kappa shape index (κ2) is 2.19. The molecule has 58 valence electrons. The molecular weight excluding hydrogens is 142 g/mol. The van der Waals surface area contributed by atoms with Crippen molar-refractivity contribution in [1.82, 2.24) is 4.90 Å². The Morgan fingerprint density at radius 3 is 3.09 bits per heavy atom. The van der Waals surface area contributed by atoms with E-state index in [-0.39, 0.29) is 17.7 Å². The highest BCUT2D eigenvalue weighted by molar-refractivity contribution is 5.93. The van der Waals surface area contributed by atoms with E-state index < -0.39 is 0 Å². The van der Waals surface area contributed by atoms with Crippen LogP contribution in [0.1, 0.15) is 19.3 Å². The van der Waals surface area contributed by atoms with Gasteiger partial charge in [0.15, 0.2) is 5.78 Å². The Morgan fingerprint density at radius 1 is 1.45 bits per heavy atom. The third kappa shape index (κ3) is 0.964. The molecule has 0 aliphatic carbocycles. The summed E-state index contributed by atoms with van der Waals surface area (Å²) < 4.78 is 0. The molecule has 0 aromatic carbocycles. The number of ketones is 1. The van der Waals surface area contributed by atoms with E-state index in [1.165, 1.54) is 6.08 Å². The first kappa shape index (κ1) is 6.58. The molecule has 1 saturated heterocycles. The van der Waals surface area contributed by atoms with E-state index in [4.69, 9.17) is 0 Å². The van der Waals surface area contributed by atoms with Gasteiger partial charge in [-0.2, -0.15) is 0 Å². The Morgan fingerprint density at radius 2 is 2.27 bits per heavy atom. The molecule has 0 saturated carbocycles. The Bertz CT molecular complexity index is 244. The molecule has 0 aromatic rings. The van der Waals surface area contributed by atoms with Gasteiger partial charge in [-0.3, -0.25) is 9.59 Å². The van der Waals surface area contributed by atoms with Crippen molar-refractivity contribution in [1.29, 1.82) is 0 Å². The molecule has 2 aliphatic heterocycles. The van der Waals surface area contributed by atoms with Gasteiger partial charge < -0.3 is 4.90 Å². The van der Waals surface area contributed by atoms with E-state index in [0.29, 0.717) is 12.8 Å². The van der Waals surface area contributed by atoms with Gasteiger partial charge >= 0.3 is 0 Å². The average molecular weight is 151 g/mol. The normalized spacial score (nSPS) is 29.5. The summed E-state index contributed by atoms with van der Waals surface area (Å²) in [5.74, 6) is 0.291. The molecule has 0 aromatic heterocycles. The maximum absolute atomic E-state index is 11.1. The van der Waals surface area contributed by atoms with E-state index >= 15 is 0 Å². The minimum atomic E-state index is 0.140. The molecule has 2 heterocycles. The van der Waals surface area contributed by atoms with Gasteiger partial charge in [0, 0.05) is 25.1 Å². The predicted octanol–water partition coefficient (Wildman–Crippen LogP) is 0.464. The number of carbonyl (C=O) groups excluding carboxylic acids is 2. The fourth-order valence-corrected chi connectivity index (χ4v) is 1.63. The van der Waals surface area contributed by atoms with E-state index in [1.807, 2.05) is 0 Å². The Hall–Kier alpha value is -1.12. The van der Waals surface area contributed by atoms with Gasteiger partial charge in [0.2, 0.25) is 5.91 Å². The number of rotatable bonds is 0. The van der Waals surface area contributed by atoms with E-state index in [0.717, 1.165) is 6.42 Å². The number of amides is 1. The van der Waals surface area contributed by atoms with Crippen molar-refractivity contribution < 1.29 is 9.59 Å². The van der Waals surface area contributed by atoms with Crippen LogP contribution in [-0.4, -0.2) is 22.6 Å². The minimum Gasteiger partial charge on any atom is -0.315 e. The fraction of sp³-hybridized carbons (Fsp3) is 0.500. The maximum atomic E-state index is 11.1. The lowest BCUT2D eigenvalue weighted by Crippen LogP contribution is -2.32.